The summed E-state index contributed by atoms with van der Waals surface area (Å²) in [6, 6.07) is 63.6. The van der Waals surface area contributed by atoms with Crippen LogP contribution in [0.4, 0.5) is 17.1 Å². The molecule has 0 spiro atoms. The fourth-order valence-electron chi connectivity index (χ4n) is 8.46. The maximum atomic E-state index is 6.26. The molecule has 1 heterocycles. The molecule has 0 atom stereocenters. The minimum absolute atomic E-state index is 0.161. The van der Waals surface area contributed by atoms with Crippen molar-refractivity contribution in [2.75, 3.05) is 4.90 Å². The Bertz CT molecular complexity index is 2770. The number of para-hydroxylation sites is 2. The lowest BCUT2D eigenvalue weighted by atomic mass is 9.80. The standard InChI is InChI=1S/C49H35NO/c1-49(2)42-21-11-8-20-41(42)47-44(30-35-16-6-7-18-38(35)48(47)49)50(43-22-12-9-17-37(43)33-14-4-3-5-15-33)36-27-24-32(25-28-36)34-26-29-40-39-19-10-13-23-45(39)51-46(40)31-34/h3-31H,1-2H3. The molecule has 0 saturated heterocycles. The second-order valence-corrected chi connectivity index (χ2v) is 14.1. The van der Waals surface area contributed by atoms with E-state index in [2.05, 4.69) is 183 Å². The van der Waals surface area contributed by atoms with Crippen LogP contribution in [0.2, 0.25) is 0 Å². The van der Waals surface area contributed by atoms with Gasteiger partial charge in [-0.15, -0.1) is 0 Å². The van der Waals surface area contributed by atoms with E-state index in [4.69, 9.17) is 4.42 Å². The van der Waals surface area contributed by atoms with Crippen molar-refractivity contribution in [1.29, 1.82) is 0 Å². The van der Waals surface area contributed by atoms with Gasteiger partial charge in [-0.3, -0.25) is 0 Å². The highest BCUT2D eigenvalue weighted by Gasteiger charge is 2.39. The Balaban J connectivity index is 1.21. The van der Waals surface area contributed by atoms with Crippen molar-refractivity contribution in [3.63, 3.8) is 0 Å². The molecular weight excluding hydrogens is 619 g/mol. The summed E-state index contributed by atoms with van der Waals surface area (Å²) >= 11 is 0. The molecular formula is C49H35NO. The second-order valence-electron chi connectivity index (χ2n) is 14.1. The van der Waals surface area contributed by atoms with E-state index >= 15 is 0 Å². The average molecular weight is 654 g/mol. The predicted octanol–water partition coefficient (Wildman–Crippen LogP) is 13.8. The molecule has 2 heteroatoms. The van der Waals surface area contributed by atoms with Crippen LogP contribution in [0.3, 0.4) is 0 Å². The molecule has 0 amide bonds. The topological polar surface area (TPSA) is 16.4 Å². The van der Waals surface area contributed by atoms with E-state index in [0.29, 0.717) is 0 Å². The molecule has 2 nitrogen and oxygen atoms in total. The zero-order valence-electron chi connectivity index (χ0n) is 28.6. The van der Waals surface area contributed by atoms with Crippen molar-refractivity contribution in [3.8, 4) is 33.4 Å². The van der Waals surface area contributed by atoms with Crippen molar-refractivity contribution in [3.05, 3.63) is 187 Å². The van der Waals surface area contributed by atoms with Crippen LogP contribution >= 0.6 is 0 Å². The van der Waals surface area contributed by atoms with E-state index in [1.54, 1.807) is 0 Å². The van der Waals surface area contributed by atoms with Crippen molar-refractivity contribution in [1.82, 2.24) is 0 Å². The summed E-state index contributed by atoms with van der Waals surface area (Å²) in [7, 11) is 0. The minimum atomic E-state index is -0.161. The van der Waals surface area contributed by atoms with Gasteiger partial charge in [0.05, 0.1) is 11.4 Å². The van der Waals surface area contributed by atoms with Crippen molar-refractivity contribution in [2.45, 2.75) is 19.3 Å². The van der Waals surface area contributed by atoms with Gasteiger partial charge in [-0.1, -0.05) is 147 Å². The summed E-state index contributed by atoms with van der Waals surface area (Å²) in [5.41, 5.74) is 15.1. The molecule has 242 valence electrons. The third-order valence-electron chi connectivity index (χ3n) is 10.8. The Hall–Kier alpha value is -6.38. The number of fused-ring (bicyclic) bond motifs is 8. The van der Waals surface area contributed by atoms with Crippen LogP contribution in [-0.4, -0.2) is 0 Å². The fourth-order valence-corrected chi connectivity index (χ4v) is 8.46. The van der Waals surface area contributed by atoms with Crippen molar-refractivity contribution >= 4 is 49.8 Å². The molecule has 0 saturated carbocycles. The normalized spacial score (nSPS) is 13.1. The number of nitrogens with zero attached hydrogens (tertiary/aromatic N) is 1. The lowest BCUT2D eigenvalue weighted by molar-refractivity contribution is 0.666. The first kappa shape index (κ1) is 29.5. The van der Waals surface area contributed by atoms with E-state index in [1.807, 2.05) is 12.1 Å². The highest BCUT2D eigenvalue weighted by atomic mass is 16.3. The number of anilines is 3. The first-order valence-corrected chi connectivity index (χ1v) is 17.7. The number of furan rings is 1. The first-order valence-electron chi connectivity index (χ1n) is 17.7. The van der Waals surface area contributed by atoms with Gasteiger partial charge in [-0.05, 0) is 86.6 Å². The van der Waals surface area contributed by atoms with Crippen LogP contribution in [0.1, 0.15) is 25.0 Å². The van der Waals surface area contributed by atoms with Gasteiger partial charge in [0.2, 0.25) is 0 Å². The first-order chi connectivity index (χ1) is 25.1. The lowest BCUT2D eigenvalue weighted by Gasteiger charge is -2.31. The molecule has 1 aromatic heterocycles. The fraction of sp³-hybridized carbons (Fsp3) is 0.0612. The smallest absolute Gasteiger partial charge is 0.136 e. The molecule has 0 bridgehead atoms. The van der Waals surface area contributed by atoms with Gasteiger partial charge in [-0.2, -0.15) is 0 Å². The summed E-state index contributed by atoms with van der Waals surface area (Å²) < 4.78 is 6.26. The zero-order valence-corrected chi connectivity index (χ0v) is 28.6. The van der Waals surface area contributed by atoms with Gasteiger partial charge in [0.15, 0.2) is 0 Å². The average Bonchev–Trinajstić information content (AvgIpc) is 3.67. The lowest BCUT2D eigenvalue weighted by Crippen LogP contribution is -2.17. The molecule has 1 aliphatic rings. The van der Waals surface area contributed by atoms with E-state index < -0.39 is 0 Å². The molecule has 9 aromatic rings. The van der Waals surface area contributed by atoms with Gasteiger partial charge in [0.1, 0.15) is 11.2 Å². The number of hydrogen-bond donors (Lipinski definition) is 0. The highest BCUT2D eigenvalue weighted by Crippen LogP contribution is 2.57. The Morgan fingerprint density at radius 1 is 0.451 bits per heavy atom. The summed E-state index contributed by atoms with van der Waals surface area (Å²) in [5, 5.41) is 4.84. The molecule has 10 rings (SSSR count). The summed E-state index contributed by atoms with van der Waals surface area (Å²) in [6.45, 7) is 4.76. The minimum Gasteiger partial charge on any atom is -0.456 e. The van der Waals surface area contributed by atoms with Gasteiger partial charge >= 0.3 is 0 Å². The van der Waals surface area contributed by atoms with Crippen LogP contribution in [0, 0.1) is 0 Å². The quantitative estimate of drug-likeness (QED) is 0.184. The van der Waals surface area contributed by atoms with Crippen molar-refractivity contribution < 1.29 is 4.42 Å². The van der Waals surface area contributed by atoms with Crippen LogP contribution < -0.4 is 4.90 Å². The highest BCUT2D eigenvalue weighted by molar-refractivity contribution is 6.08. The third kappa shape index (κ3) is 4.57. The monoisotopic (exact) mass is 653 g/mol. The van der Waals surface area contributed by atoms with Gasteiger partial charge in [0.25, 0.3) is 0 Å². The number of hydrogen-bond acceptors (Lipinski definition) is 2. The molecule has 8 aromatic carbocycles. The number of rotatable bonds is 5. The van der Waals surface area contributed by atoms with E-state index in [9.17, 15) is 0 Å². The van der Waals surface area contributed by atoms with Crippen molar-refractivity contribution in [2.24, 2.45) is 0 Å². The van der Waals surface area contributed by atoms with Gasteiger partial charge in [0, 0.05) is 33.0 Å². The molecule has 1 aliphatic carbocycles. The molecule has 0 aliphatic heterocycles. The predicted molar refractivity (Wildman–Crippen MR) is 214 cm³/mol. The maximum Gasteiger partial charge on any atom is 0.136 e. The van der Waals surface area contributed by atoms with Gasteiger partial charge < -0.3 is 9.32 Å². The SMILES string of the molecule is CC1(C)c2ccccc2-c2c(N(c3ccc(-c4ccc5c(c4)oc4ccccc45)cc3)c3ccccc3-c3ccccc3)cc3ccccc3c21. The summed E-state index contributed by atoms with van der Waals surface area (Å²) in [5.74, 6) is 0. The Labute approximate surface area is 297 Å². The molecule has 0 fully saturated rings. The molecule has 0 unspecified atom stereocenters. The summed E-state index contributed by atoms with van der Waals surface area (Å²) in [6.07, 6.45) is 0. The van der Waals surface area contributed by atoms with Gasteiger partial charge in [-0.25, -0.2) is 0 Å². The third-order valence-corrected chi connectivity index (χ3v) is 10.8. The maximum absolute atomic E-state index is 6.26. The second kappa shape index (κ2) is 11.3. The van der Waals surface area contributed by atoms with E-state index in [-0.39, 0.29) is 5.41 Å². The molecule has 51 heavy (non-hydrogen) atoms. The Kier molecular flexibility index (Phi) is 6.56. The van der Waals surface area contributed by atoms with E-state index in [0.717, 1.165) is 44.4 Å². The van der Waals surface area contributed by atoms with Crippen LogP contribution in [0.15, 0.2) is 180 Å². The Morgan fingerprint density at radius 2 is 1.10 bits per heavy atom. The number of benzene rings is 8. The molecule has 0 radical (unpaired) electrons. The largest absolute Gasteiger partial charge is 0.456 e. The summed E-state index contributed by atoms with van der Waals surface area (Å²) in [4.78, 5) is 2.48. The zero-order chi connectivity index (χ0) is 34.1. The van der Waals surface area contributed by atoms with E-state index in [1.165, 1.54) is 49.8 Å². The molecule has 0 N–H and O–H groups in total. The van der Waals surface area contributed by atoms with Crippen LogP contribution in [0.5, 0.6) is 0 Å². The van der Waals surface area contributed by atoms with Crippen LogP contribution in [0.25, 0.3) is 66.1 Å². The van der Waals surface area contributed by atoms with Crippen LogP contribution in [-0.2, 0) is 5.41 Å². The Morgan fingerprint density at radius 3 is 1.94 bits per heavy atom.